The molecule has 0 saturated carbocycles. The molecule has 2 saturated heterocycles. The van der Waals surface area contributed by atoms with E-state index in [0.29, 0.717) is 88.8 Å². The first-order valence-corrected chi connectivity index (χ1v) is 30.5. The van der Waals surface area contributed by atoms with Crippen molar-refractivity contribution in [1.82, 2.24) is 61.3 Å². The molecule has 7 amide bonds. The molecule has 31 nitrogen and oxygen atoms in total. The van der Waals surface area contributed by atoms with Crippen molar-refractivity contribution in [2.75, 3.05) is 119 Å². The highest BCUT2D eigenvalue weighted by Crippen LogP contribution is 2.19. The number of carbonyl (C=O) groups is 11. The summed E-state index contributed by atoms with van der Waals surface area (Å²) < 4.78 is 0. The number of amides is 7. The number of unbranched alkanes of at least 4 members (excludes halogenated alkanes) is 4. The SMILES string of the molecule is C[C@@H](NC(=O)c1ccc(CNC(=O)CCCCNC(=O)[C@H](CCCN=C(N)N(C)C)NC(=O)CCCCCC(=O)N[C@@H](CCCCNC(=O)CN2CCN(CC(=O)O)CCN(CC(=O)O)CCN(CC(=O)O)CC2)C(=O)O)cc1)C(=O)N1CCC[C@H]1B(O)O. The largest absolute Gasteiger partial charge is 0.480 e. The molecular formula is C57H95BN14O17. The standard InChI is InChI=1S/C57H95BN14O17/c1-40(55(85)72-26-12-15-45(72)58(88)89)64-53(83)42-21-19-41(20-22-42)35-63-46(73)16-8-10-24-61-54(84)43(14-11-25-62-57(59)67(2)3)65-47(74)17-5-4-6-18-48(75)66-44(56(86)87)13-7-9-23-60-49(76)36-68-27-29-69(37-50(77)78)31-33-71(39-52(81)82)34-32-70(30-28-68)38-51(79)80/h19-22,40,43-45,88-89H,4-18,23-39H2,1-3H3,(H2,59,62)(H,60,76)(H,61,84)(H,63,73)(H,64,83)(H,65,74)(H,66,75)(H,77,78)(H,79,80)(H,81,82)(H,86,87)/t40-,43+,44+,45+/m1/s1. The van der Waals surface area contributed by atoms with E-state index >= 15 is 0 Å². The van der Waals surface area contributed by atoms with E-state index in [0.717, 1.165) is 5.56 Å². The highest BCUT2D eigenvalue weighted by molar-refractivity contribution is 6.43. The molecule has 0 bridgehead atoms. The second kappa shape index (κ2) is 41.7. The van der Waals surface area contributed by atoms with E-state index < -0.39 is 78.7 Å². The smallest absolute Gasteiger partial charge is 0.475 e. The molecule has 0 radical (unpaired) electrons. The third kappa shape index (κ3) is 32.0. The Kier molecular flexibility index (Phi) is 35.4. The van der Waals surface area contributed by atoms with E-state index in [1.165, 1.54) is 11.8 Å². The Morgan fingerprint density at radius 3 is 1.58 bits per heavy atom. The van der Waals surface area contributed by atoms with E-state index in [1.807, 2.05) is 0 Å². The normalized spacial score (nSPS) is 16.7. The average Bonchev–Trinajstić information content (AvgIpc) is 3.00. The maximum absolute atomic E-state index is 13.4. The van der Waals surface area contributed by atoms with E-state index in [4.69, 9.17) is 5.73 Å². The zero-order valence-corrected chi connectivity index (χ0v) is 51.7. The molecule has 2 aliphatic rings. The summed E-state index contributed by atoms with van der Waals surface area (Å²) in [5.41, 5.74) is 6.95. The van der Waals surface area contributed by atoms with Gasteiger partial charge >= 0.3 is 31.0 Å². The van der Waals surface area contributed by atoms with Crippen molar-refractivity contribution >= 4 is 78.3 Å². The number of nitrogens with two attached hydrogens (primary N) is 1. The van der Waals surface area contributed by atoms with Gasteiger partial charge in [-0.05, 0) is 95.2 Å². The van der Waals surface area contributed by atoms with Crippen LogP contribution in [0.25, 0.3) is 0 Å². The predicted molar refractivity (Wildman–Crippen MR) is 327 cm³/mol. The third-order valence-electron chi connectivity index (χ3n) is 15.1. The quantitative estimate of drug-likeness (QED) is 0.0137. The van der Waals surface area contributed by atoms with Crippen molar-refractivity contribution in [3.8, 4) is 0 Å². The molecule has 89 heavy (non-hydrogen) atoms. The first kappa shape index (κ1) is 75.7. The number of rotatable bonds is 38. The first-order chi connectivity index (χ1) is 42.3. The minimum absolute atomic E-state index is 0.00945. The number of carbonyl (C=O) groups excluding carboxylic acids is 7. The van der Waals surface area contributed by atoms with Crippen LogP contribution in [0.5, 0.6) is 0 Å². The Balaban J connectivity index is 1.37. The van der Waals surface area contributed by atoms with Crippen LogP contribution in [-0.2, 0) is 54.5 Å². The monoisotopic (exact) mass is 1260 g/mol. The molecule has 0 spiro atoms. The van der Waals surface area contributed by atoms with Gasteiger partial charge in [0.05, 0.1) is 32.1 Å². The molecule has 2 fully saturated rings. The van der Waals surface area contributed by atoms with Gasteiger partial charge in [0.2, 0.25) is 35.4 Å². The number of aliphatic carboxylic acids is 4. The molecule has 14 N–H and O–H groups in total. The summed E-state index contributed by atoms with van der Waals surface area (Å²) in [6, 6.07) is 3.56. The van der Waals surface area contributed by atoms with Crippen LogP contribution in [-0.4, -0.2) is 281 Å². The Bertz CT molecular complexity index is 2460. The van der Waals surface area contributed by atoms with Crippen molar-refractivity contribution in [2.45, 2.75) is 134 Å². The lowest BCUT2D eigenvalue weighted by molar-refractivity contribution is -0.142. The molecule has 3 rings (SSSR count). The van der Waals surface area contributed by atoms with Crippen molar-refractivity contribution in [3.63, 3.8) is 0 Å². The number of aliphatic imine (C=N–C) groups is 1. The number of carboxylic acid groups (broad SMARTS) is 4. The molecule has 32 heteroatoms. The van der Waals surface area contributed by atoms with Gasteiger partial charge in [-0.3, -0.25) is 72.5 Å². The Hall–Kier alpha value is -7.52. The van der Waals surface area contributed by atoms with Crippen LogP contribution in [0, 0.1) is 0 Å². The summed E-state index contributed by atoms with van der Waals surface area (Å²) in [4.78, 5) is 151. The number of guanidine groups is 1. The van der Waals surface area contributed by atoms with Crippen LogP contribution < -0.4 is 37.6 Å². The van der Waals surface area contributed by atoms with Crippen molar-refractivity contribution < 1.29 is 83.2 Å². The lowest BCUT2D eigenvalue weighted by Gasteiger charge is -2.32. The van der Waals surface area contributed by atoms with Crippen LogP contribution in [0.15, 0.2) is 29.3 Å². The topological polar surface area (TPSA) is 439 Å². The van der Waals surface area contributed by atoms with E-state index in [1.54, 1.807) is 62.9 Å². The number of carboxylic acids is 4. The number of likely N-dealkylation sites (tertiary alicyclic amines) is 1. The van der Waals surface area contributed by atoms with Gasteiger partial charge in [-0.25, -0.2) is 4.79 Å². The van der Waals surface area contributed by atoms with Gasteiger partial charge in [0.1, 0.15) is 18.1 Å². The Morgan fingerprint density at radius 1 is 0.584 bits per heavy atom. The molecular weight excluding hydrogens is 1160 g/mol. The predicted octanol–water partition coefficient (Wildman–Crippen LogP) is -2.87. The molecule has 0 aliphatic carbocycles. The van der Waals surface area contributed by atoms with Crippen LogP contribution in [0.1, 0.15) is 119 Å². The second-order valence-corrected chi connectivity index (χ2v) is 22.6. The molecule has 1 aromatic carbocycles. The van der Waals surface area contributed by atoms with Gasteiger partial charge in [0, 0.05) is 124 Å². The maximum Gasteiger partial charge on any atom is 0.475 e. The lowest BCUT2D eigenvalue weighted by Crippen LogP contribution is -2.52. The summed E-state index contributed by atoms with van der Waals surface area (Å²) in [6.45, 7) is 3.85. The summed E-state index contributed by atoms with van der Waals surface area (Å²) in [7, 11) is 1.82. The summed E-state index contributed by atoms with van der Waals surface area (Å²) in [5, 5.41) is 73.9. The van der Waals surface area contributed by atoms with Gasteiger partial charge in [-0.2, -0.15) is 0 Å². The summed E-state index contributed by atoms with van der Waals surface area (Å²) >= 11 is 0. The van der Waals surface area contributed by atoms with Gasteiger partial charge in [0.25, 0.3) is 5.91 Å². The fourth-order valence-corrected chi connectivity index (χ4v) is 9.96. The number of hydrogen-bond acceptors (Lipinski definition) is 18. The molecule has 2 aliphatic heterocycles. The van der Waals surface area contributed by atoms with E-state index in [-0.39, 0.29) is 148 Å². The fraction of sp³-hybridized carbons (Fsp3) is 0.684. The van der Waals surface area contributed by atoms with Crippen molar-refractivity contribution in [1.29, 1.82) is 0 Å². The highest BCUT2D eigenvalue weighted by Gasteiger charge is 2.39. The molecule has 2 heterocycles. The van der Waals surface area contributed by atoms with Gasteiger partial charge in [0.15, 0.2) is 5.96 Å². The molecule has 0 aromatic heterocycles. The van der Waals surface area contributed by atoms with Crippen LogP contribution in [0.2, 0.25) is 0 Å². The fourth-order valence-electron chi connectivity index (χ4n) is 9.96. The zero-order chi connectivity index (χ0) is 65.8. The highest BCUT2D eigenvalue weighted by atomic mass is 16.4. The first-order valence-electron chi connectivity index (χ1n) is 30.5. The molecule has 4 atom stereocenters. The van der Waals surface area contributed by atoms with Gasteiger partial charge in [-0.1, -0.05) is 18.6 Å². The lowest BCUT2D eigenvalue weighted by atomic mass is 9.78. The Morgan fingerprint density at radius 2 is 1.07 bits per heavy atom. The number of nitrogens with zero attached hydrogens (tertiary/aromatic N) is 7. The van der Waals surface area contributed by atoms with Gasteiger partial charge in [-0.15, -0.1) is 0 Å². The third-order valence-corrected chi connectivity index (χ3v) is 15.1. The van der Waals surface area contributed by atoms with Gasteiger partial charge < -0.3 is 77.9 Å². The van der Waals surface area contributed by atoms with Crippen LogP contribution in [0.3, 0.4) is 0 Å². The number of benzene rings is 1. The van der Waals surface area contributed by atoms with Crippen molar-refractivity contribution in [2.24, 2.45) is 10.7 Å². The van der Waals surface area contributed by atoms with Crippen LogP contribution >= 0.6 is 0 Å². The maximum atomic E-state index is 13.4. The summed E-state index contributed by atoms with van der Waals surface area (Å²) in [6.07, 6.45) is 5.00. The molecule has 498 valence electrons. The van der Waals surface area contributed by atoms with E-state index in [9.17, 15) is 83.2 Å². The average molecular weight is 1260 g/mol. The molecule has 0 unspecified atom stereocenters. The van der Waals surface area contributed by atoms with Crippen molar-refractivity contribution in [3.05, 3.63) is 35.4 Å². The number of nitrogens with one attached hydrogen (secondary N) is 6. The molecule has 1 aromatic rings. The minimum Gasteiger partial charge on any atom is -0.480 e. The number of hydrogen-bond donors (Lipinski definition) is 13. The minimum atomic E-state index is -1.67. The van der Waals surface area contributed by atoms with Crippen LogP contribution in [0.4, 0.5) is 0 Å². The van der Waals surface area contributed by atoms with E-state index in [2.05, 4.69) is 36.9 Å². The Labute approximate surface area is 520 Å². The summed E-state index contributed by atoms with van der Waals surface area (Å²) in [5.74, 6) is -7.56. The zero-order valence-electron chi connectivity index (χ0n) is 51.7. The second-order valence-electron chi connectivity index (χ2n) is 22.6.